The highest BCUT2D eigenvalue weighted by molar-refractivity contribution is 6.30. The molecule has 0 aliphatic carbocycles. The number of nitrogens with zero attached hydrogens (tertiary/aromatic N) is 2. The number of imidazole rings is 1. The van der Waals surface area contributed by atoms with E-state index in [1.807, 2.05) is 24.3 Å². The maximum absolute atomic E-state index is 13.1. The van der Waals surface area contributed by atoms with Crippen molar-refractivity contribution in [1.29, 1.82) is 0 Å². The molecule has 0 amide bonds. The summed E-state index contributed by atoms with van der Waals surface area (Å²) in [7, 11) is 0. The van der Waals surface area contributed by atoms with E-state index in [2.05, 4.69) is 27.5 Å². The first-order chi connectivity index (χ1) is 11.2. The molecule has 23 heavy (non-hydrogen) atoms. The second-order valence-electron chi connectivity index (χ2n) is 5.95. The zero-order valence-corrected chi connectivity index (χ0v) is 13.4. The van der Waals surface area contributed by atoms with E-state index in [9.17, 15) is 4.39 Å². The first kappa shape index (κ1) is 14.5. The zero-order valence-electron chi connectivity index (χ0n) is 12.7. The van der Waals surface area contributed by atoms with Crippen LogP contribution in [0.1, 0.15) is 17.8 Å². The van der Waals surface area contributed by atoms with Crippen LogP contribution in [-0.4, -0.2) is 4.57 Å². The fourth-order valence-corrected chi connectivity index (χ4v) is 3.41. The van der Waals surface area contributed by atoms with Crippen molar-refractivity contribution >= 4 is 11.6 Å². The Morgan fingerprint density at radius 2 is 1.78 bits per heavy atom. The summed E-state index contributed by atoms with van der Waals surface area (Å²) in [6.07, 6.45) is 4.44. The summed E-state index contributed by atoms with van der Waals surface area (Å²) >= 11 is 6.00. The summed E-state index contributed by atoms with van der Waals surface area (Å²) in [4.78, 5) is 0. The molecule has 0 saturated heterocycles. The zero-order chi connectivity index (χ0) is 15.8. The Balaban J connectivity index is 1.72. The molecule has 1 aliphatic heterocycles. The number of benzene rings is 2. The predicted octanol–water partition coefficient (Wildman–Crippen LogP) is 4.23. The minimum Gasteiger partial charge on any atom is -0.229 e. The van der Waals surface area contributed by atoms with Gasteiger partial charge in [-0.1, -0.05) is 23.7 Å². The third kappa shape index (κ3) is 2.77. The molecule has 1 aromatic heterocycles. The Morgan fingerprint density at radius 1 is 1.04 bits per heavy atom. The van der Waals surface area contributed by atoms with Crippen LogP contribution in [0, 0.1) is 5.82 Å². The second kappa shape index (κ2) is 5.82. The number of halogens is 2. The van der Waals surface area contributed by atoms with E-state index in [1.54, 1.807) is 0 Å². The Hall–Kier alpha value is -2.13. The number of aromatic nitrogens is 2. The predicted molar refractivity (Wildman–Crippen MR) is 88.9 cm³/mol. The summed E-state index contributed by atoms with van der Waals surface area (Å²) in [6.45, 7) is 1.81. The van der Waals surface area contributed by atoms with E-state index in [1.165, 1.54) is 35.6 Å². The maximum atomic E-state index is 13.1. The Morgan fingerprint density at radius 3 is 2.52 bits per heavy atom. The number of rotatable bonds is 3. The van der Waals surface area contributed by atoms with Crippen molar-refractivity contribution in [3.8, 4) is 11.3 Å². The van der Waals surface area contributed by atoms with Gasteiger partial charge in [0.05, 0.1) is 13.0 Å². The molecule has 0 bridgehead atoms. The molecule has 0 spiro atoms. The smallest absolute Gasteiger partial charge is 0.229 e. The minimum absolute atomic E-state index is 0.192. The van der Waals surface area contributed by atoms with Crippen LogP contribution in [0.25, 0.3) is 11.3 Å². The molecule has 0 unspecified atom stereocenters. The van der Waals surface area contributed by atoms with Crippen molar-refractivity contribution in [3.63, 3.8) is 0 Å². The normalized spacial score (nSPS) is 13.3. The van der Waals surface area contributed by atoms with Gasteiger partial charge < -0.3 is 0 Å². The van der Waals surface area contributed by atoms with E-state index in [0.717, 1.165) is 30.1 Å². The first-order valence-corrected chi connectivity index (χ1v) is 8.21. The topological polar surface area (TPSA) is 8.81 Å². The van der Waals surface area contributed by atoms with Gasteiger partial charge in [0.15, 0.2) is 5.69 Å². The Labute approximate surface area is 139 Å². The van der Waals surface area contributed by atoms with E-state index < -0.39 is 0 Å². The summed E-state index contributed by atoms with van der Waals surface area (Å²) in [6, 6.07) is 14.7. The number of hydrogen-bond acceptors (Lipinski definition) is 0. The van der Waals surface area contributed by atoms with E-state index in [0.29, 0.717) is 0 Å². The van der Waals surface area contributed by atoms with Gasteiger partial charge in [-0.05, 0) is 48.4 Å². The monoisotopic (exact) mass is 327 g/mol. The van der Waals surface area contributed by atoms with Crippen molar-refractivity contribution in [1.82, 2.24) is 4.57 Å². The summed E-state index contributed by atoms with van der Waals surface area (Å²) in [5.41, 5.74) is 3.51. The van der Waals surface area contributed by atoms with Crippen LogP contribution >= 0.6 is 11.6 Å². The van der Waals surface area contributed by atoms with Gasteiger partial charge in [0.25, 0.3) is 5.82 Å². The summed E-state index contributed by atoms with van der Waals surface area (Å²) < 4.78 is 17.7. The largest absolute Gasteiger partial charge is 0.257 e. The van der Waals surface area contributed by atoms with Crippen LogP contribution in [0.15, 0.2) is 54.7 Å². The summed E-state index contributed by atoms with van der Waals surface area (Å²) in [5, 5.41) is 0.751. The van der Waals surface area contributed by atoms with E-state index >= 15 is 0 Å². The van der Waals surface area contributed by atoms with Crippen LogP contribution < -0.4 is 4.57 Å². The van der Waals surface area contributed by atoms with Crippen LogP contribution in [0.5, 0.6) is 0 Å². The van der Waals surface area contributed by atoms with Crippen molar-refractivity contribution in [3.05, 3.63) is 77.0 Å². The quantitative estimate of drug-likeness (QED) is 0.637. The highest BCUT2D eigenvalue weighted by atomic mass is 35.5. The highest BCUT2D eigenvalue weighted by Crippen LogP contribution is 2.26. The molecule has 0 N–H and O–H groups in total. The van der Waals surface area contributed by atoms with Gasteiger partial charge in [-0.15, -0.1) is 0 Å². The molecule has 0 fully saturated rings. The molecular weight excluding hydrogens is 311 g/mol. The van der Waals surface area contributed by atoms with Crippen LogP contribution in [0.3, 0.4) is 0 Å². The lowest BCUT2D eigenvalue weighted by atomic mass is 10.1. The van der Waals surface area contributed by atoms with E-state index in [-0.39, 0.29) is 5.82 Å². The van der Waals surface area contributed by atoms with Gasteiger partial charge in [0.1, 0.15) is 18.6 Å². The lowest BCUT2D eigenvalue weighted by molar-refractivity contribution is -0.694. The van der Waals surface area contributed by atoms with Gasteiger partial charge in [-0.2, -0.15) is 0 Å². The Bertz CT molecular complexity index is 835. The van der Waals surface area contributed by atoms with E-state index in [4.69, 9.17) is 11.6 Å². The molecule has 2 heterocycles. The molecular formula is C19H17ClFN2+. The van der Waals surface area contributed by atoms with Crippen LogP contribution in [0.4, 0.5) is 4.39 Å². The lowest BCUT2D eigenvalue weighted by Crippen LogP contribution is -2.36. The molecule has 4 rings (SSSR count). The third-order valence-electron chi connectivity index (χ3n) is 4.40. The van der Waals surface area contributed by atoms with Crippen molar-refractivity contribution < 1.29 is 8.96 Å². The number of fused-ring (bicyclic) bond motifs is 1. The van der Waals surface area contributed by atoms with Gasteiger partial charge in [0.2, 0.25) is 0 Å². The first-order valence-electron chi connectivity index (χ1n) is 7.83. The average Bonchev–Trinajstić information content (AvgIpc) is 3.14. The SMILES string of the molecule is Fc1ccc(C[n+]2cc(-c3ccc(Cl)cc3)n3c2CCC3)cc1. The Kier molecular flexibility index (Phi) is 3.66. The van der Waals surface area contributed by atoms with Crippen molar-refractivity contribution in [2.75, 3.05) is 0 Å². The highest BCUT2D eigenvalue weighted by Gasteiger charge is 2.28. The van der Waals surface area contributed by atoms with Crippen molar-refractivity contribution in [2.45, 2.75) is 25.9 Å². The molecule has 116 valence electrons. The molecule has 0 radical (unpaired) electrons. The third-order valence-corrected chi connectivity index (χ3v) is 4.65. The number of hydrogen-bond donors (Lipinski definition) is 0. The van der Waals surface area contributed by atoms with Crippen LogP contribution in [0.2, 0.25) is 5.02 Å². The van der Waals surface area contributed by atoms with Gasteiger partial charge in [-0.25, -0.2) is 13.5 Å². The lowest BCUT2D eigenvalue weighted by Gasteiger charge is -1.99. The van der Waals surface area contributed by atoms with Crippen molar-refractivity contribution in [2.24, 2.45) is 0 Å². The molecule has 4 heteroatoms. The molecule has 1 aliphatic rings. The second-order valence-corrected chi connectivity index (χ2v) is 6.38. The fourth-order valence-electron chi connectivity index (χ4n) is 3.28. The average molecular weight is 328 g/mol. The minimum atomic E-state index is -0.192. The summed E-state index contributed by atoms with van der Waals surface area (Å²) in [5.74, 6) is 1.14. The van der Waals surface area contributed by atoms with Gasteiger partial charge >= 0.3 is 0 Å². The van der Waals surface area contributed by atoms with Crippen LogP contribution in [-0.2, 0) is 19.5 Å². The molecule has 2 nitrogen and oxygen atoms in total. The molecule has 3 aromatic rings. The fraction of sp³-hybridized carbons (Fsp3) is 0.211. The van der Waals surface area contributed by atoms with Gasteiger partial charge in [0, 0.05) is 10.6 Å². The molecule has 0 atom stereocenters. The maximum Gasteiger partial charge on any atom is 0.257 e. The molecule has 0 saturated carbocycles. The molecule has 2 aromatic carbocycles. The van der Waals surface area contributed by atoms with Gasteiger partial charge in [-0.3, -0.25) is 0 Å². The standard InChI is InChI=1S/C19H17ClFN2/c20-16-7-5-15(6-8-16)18-13-22(19-2-1-11-23(18)19)12-14-3-9-17(21)10-4-14/h3-10,13H,1-2,11-12H2/q+1.